The molecular weight excluding hydrogens is 362 g/mol. The number of rotatable bonds is 4. The summed E-state index contributed by atoms with van der Waals surface area (Å²) in [6.45, 7) is 0. The van der Waals surface area contributed by atoms with Crippen molar-refractivity contribution < 1.29 is 18.4 Å². The van der Waals surface area contributed by atoms with Crippen molar-refractivity contribution in [1.82, 2.24) is 0 Å². The van der Waals surface area contributed by atoms with Crippen LogP contribution in [-0.4, -0.2) is 25.9 Å². The molecule has 0 aliphatic carbocycles. The van der Waals surface area contributed by atoms with Crippen LogP contribution in [0.4, 0.5) is 20.2 Å². The summed E-state index contributed by atoms with van der Waals surface area (Å²) in [5, 5.41) is 0. The summed E-state index contributed by atoms with van der Waals surface area (Å²) < 4.78 is 26.3. The van der Waals surface area contributed by atoms with Gasteiger partial charge in [-0.3, -0.25) is 9.59 Å². The van der Waals surface area contributed by atoms with Gasteiger partial charge in [0.1, 0.15) is 11.6 Å². The second kappa shape index (κ2) is 8.00. The molecule has 0 saturated carbocycles. The molecule has 28 heavy (non-hydrogen) atoms. The average Bonchev–Trinajstić information content (AvgIpc) is 2.72. The second-order valence-electron chi connectivity index (χ2n) is 6.23. The summed E-state index contributed by atoms with van der Waals surface area (Å²) in [5.41, 5.74) is 1.67. The van der Waals surface area contributed by atoms with E-state index in [0.29, 0.717) is 22.5 Å². The van der Waals surface area contributed by atoms with Crippen LogP contribution in [-0.2, 0) is 0 Å². The number of benzene rings is 3. The van der Waals surface area contributed by atoms with Gasteiger partial charge in [-0.1, -0.05) is 12.1 Å². The molecule has 0 aliphatic heterocycles. The predicted molar refractivity (Wildman–Crippen MR) is 105 cm³/mol. The van der Waals surface area contributed by atoms with Gasteiger partial charge in [-0.25, -0.2) is 8.78 Å². The molecule has 0 aromatic heterocycles. The van der Waals surface area contributed by atoms with Gasteiger partial charge in [-0.05, 0) is 60.7 Å². The fourth-order valence-corrected chi connectivity index (χ4v) is 2.82. The van der Waals surface area contributed by atoms with Crippen LogP contribution in [0, 0.1) is 11.6 Å². The predicted octanol–water partition coefficient (Wildman–Crippen LogP) is 4.52. The van der Waals surface area contributed by atoms with Crippen molar-refractivity contribution in [2.24, 2.45) is 0 Å². The van der Waals surface area contributed by atoms with E-state index in [1.54, 1.807) is 38.4 Å². The minimum atomic E-state index is -0.427. The molecule has 0 atom stereocenters. The molecule has 142 valence electrons. The summed E-state index contributed by atoms with van der Waals surface area (Å²) >= 11 is 0. The van der Waals surface area contributed by atoms with Crippen LogP contribution in [0.15, 0.2) is 72.8 Å². The molecule has 3 aromatic rings. The highest BCUT2D eigenvalue weighted by Crippen LogP contribution is 2.29. The third-order valence-electron chi connectivity index (χ3n) is 4.40. The first-order valence-corrected chi connectivity index (χ1v) is 8.55. The highest BCUT2D eigenvalue weighted by atomic mass is 19.1. The van der Waals surface area contributed by atoms with Crippen LogP contribution in [0.25, 0.3) is 0 Å². The maximum absolute atomic E-state index is 13.1. The van der Waals surface area contributed by atoms with Gasteiger partial charge in [0.25, 0.3) is 11.8 Å². The third kappa shape index (κ3) is 3.91. The lowest BCUT2D eigenvalue weighted by atomic mass is 10.1. The van der Waals surface area contributed by atoms with E-state index in [2.05, 4.69) is 0 Å². The quantitative estimate of drug-likeness (QED) is 0.668. The molecule has 0 bridgehead atoms. The number of hydrogen-bond acceptors (Lipinski definition) is 2. The van der Waals surface area contributed by atoms with Crippen LogP contribution in [0.1, 0.15) is 20.7 Å². The Morgan fingerprint density at radius 3 is 1.25 bits per heavy atom. The Morgan fingerprint density at radius 1 is 0.607 bits per heavy atom. The average molecular weight is 380 g/mol. The first-order valence-electron chi connectivity index (χ1n) is 8.55. The van der Waals surface area contributed by atoms with Gasteiger partial charge >= 0.3 is 0 Å². The molecule has 0 radical (unpaired) electrons. The molecule has 0 fully saturated rings. The Bertz CT molecular complexity index is 919. The Balaban J connectivity index is 1.91. The standard InChI is InChI=1S/C22H18F2N2O2/c1-25(21(27)15-7-11-17(23)12-8-15)19-5-3-4-6-20(19)26(2)22(28)16-9-13-18(24)14-10-16/h3-14H,1-2H3. The minimum Gasteiger partial charge on any atom is -0.309 e. The zero-order valence-electron chi connectivity index (χ0n) is 15.4. The molecule has 3 rings (SSSR count). The second-order valence-corrected chi connectivity index (χ2v) is 6.23. The Kier molecular flexibility index (Phi) is 5.49. The number of halogens is 2. The van der Waals surface area contributed by atoms with Crippen molar-refractivity contribution in [3.05, 3.63) is 95.6 Å². The van der Waals surface area contributed by atoms with E-state index in [0.717, 1.165) is 0 Å². The van der Waals surface area contributed by atoms with Gasteiger partial charge in [0, 0.05) is 25.2 Å². The lowest BCUT2D eigenvalue weighted by molar-refractivity contribution is 0.0981. The van der Waals surface area contributed by atoms with Crippen molar-refractivity contribution in [2.45, 2.75) is 0 Å². The molecule has 6 heteroatoms. The van der Waals surface area contributed by atoms with Gasteiger partial charge in [-0.2, -0.15) is 0 Å². The van der Waals surface area contributed by atoms with Crippen LogP contribution in [0.3, 0.4) is 0 Å². The SMILES string of the molecule is CN(C(=O)c1ccc(F)cc1)c1ccccc1N(C)C(=O)c1ccc(F)cc1. The number of carbonyl (C=O) groups excluding carboxylic acids is 2. The summed E-state index contributed by atoms with van der Waals surface area (Å²) in [6.07, 6.45) is 0. The van der Waals surface area contributed by atoms with Crippen molar-refractivity contribution in [2.75, 3.05) is 23.9 Å². The van der Waals surface area contributed by atoms with Gasteiger partial charge in [0.15, 0.2) is 0 Å². The first kappa shape index (κ1) is 19.2. The molecule has 3 aromatic carbocycles. The van der Waals surface area contributed by atoms with Crippen LogP contribution in [0.2, 0.25) is 0 Å². The monoisotopic (exact) mass is 380 g/mol. The molecule has 0 unspecified atom stereocenters. The van der Waals surface area contributed by atoms with E-state index >= 15 is 0 Å². The van der Waals surface area contributed by atoms with Gasteiger partial charge in [0.2, 0.25) is 0 Å². The van der Waals surface area contributed by atoms with Crippen LogP contribution >= 0.6 is 0 Å². The van der Waals surface area contributed by atoms with Crippen molar-refractivity contribution >= 4 is 23.2 Å². The molecule has 4 nitrogen and oxygen atoms in total. The lowest BCUT2D eigenvalue weighted by Crippen LogP contribution is -2.31. The van der Waals surface area contributed by atoms with Gasteiger partial charge < -0.3 is 9.80 Å². The summed E-state index contributed by atoms with van der Waals surface area (Å²) in [6, 6.07) is 17.4. The Labute approximate surface area is 161 Å². The summed E-state index contributed by atoms with van der Waals surface area (Å²) in [4.78, 5) is 28.3. The van der Waals surface area contributed by atoms with E-state index in [-0.39, 0.29) is 11.8 Å². The molecule has 0 N–H and O–H groups in total. The summed E-state index contributed by atoms with van der Waals surface area (Å²) in [5.74, 6) is -1.53. The zero-order valence-corrected chi connectivity index (χ0v) is 15.4. The van der Waals surface area contributed by atoms with Gasteiger partial charge in [-0.15, -0.1) is 0 Å². The fraction of sp³-hybridized carbons (Fsp3) is 0.0909. The Hall–Kier alpha value is -3.54. The third-order valence-corrected chi connectivity index (χ3v) is 4.40. The minimum absolute atomic E-state index is 0.325. The molecule has 0 saturated heterocycles. The van der Waals surface area contributed by atoms with Crippen LogP contribution < -0.4 is 9.80 Å². The highest BCUT2D eigenvalue weighted by molar-refractivity contribution is 6.11. The first-order chi connectivity index (χ1) is 13.4. The number of nitrogens with zero attached hydrogens (tertiary/aromatic N) is 2. The van der Waals surface area contributed by atoms with Crippen molar-refractivity contribution in [3.63, 3.8) is 0 Å². The van der Waals surface area contributed by atoms with E-state index in [1.165, 1.54) is 58.3 Å². The smallest absolute Gasteiger partial charge is 0.258 e. The maximum atomic E-state index is 13.1. The topological polar surface area (TPSA) is 40.6 Å². The molecular formula is C22H18F2N2O2. The molecule has 0 heterocycles. The lowest BCUT2D eigenvalue weighted by Gasteiger charge is -2.26. The van der Waals surface area contributed by atoms with E-state index < -0.39 is 11.6 Å². The molecule has 0 spiro atoms. The number of anilines is 2. The van der Waals surface area contributed by atoms with E-state index in [9.17, 15) is 18.4 Å². The van der Waals surface area contributed by atoms with Gasteiger partial charge in [0.05, 0.1) is 11.4 Å². The maximum Gasteiger partial charge on any atom is 0.258 e. The number of para-hydroxylation sites is 2. The molecule has 2 amide bonds. The largest absolute Gasteiger partial charge is 0.309 e. The zero-order chi connectivity index (χ0) is 20.3. The normalized spacial score (nSPS) is 10.4. The van der Waals surface area contributed by atoms with Crippen LogP contribution in [0.5, 0.6) is 0 Å². The van der Waals surface area contributed by atoms with E-state index in [1.807, 2.05) is 0 Å². The summed E-state index contributed by atoms with van der Waals surface area (Å²) in [7, 11) is 3.17. The molecule has 0 aliphatic rings. The fourth-order valence-electron chi connectivity index (χ4n) is 2.82. The number of hydrogen-bond donors (Lipinski definition) is 0. The van der Waals surface area contributed by atoms with E-state index in [4.69, 9.17) is 0 Å². The van der Waals surface area contributed by atoms with Crippen molar-refractivity contribution in [3.8, 4) is 0 Å². The Morgan fingerprint density at radius 2 is 0.929 bits per heavy atom. The van der Waals surface area contributed by atoms with Crippen molar-refractivity contribution in [1.29, 1.82) is 0 Å². The number of carbonyl (C=O) groups is 2. The highest BCUT2D eigenvalue weighted by Gasteiger charge is 2.21. The number of amides is 2.